The van der Waals surface area contributed by atoms with Crippen molar-refractivity contribution in [2.75, 3.05) is 13.1 Å². The van der Waals surface area contributed by atoms with E-state index in [9.17, 15) is 10.1 Å². The fourth-order valence-corrected chi connectivity index (χ4v) is 3.41. The second-order valence-corrected chi connectivity index (χ2v) is 5.94. The third-order valence-electron chi connectivity index (χ3n) is 4.52. The molecule has 1 aromatic heterocycles. The van der Waals surface area contributed by atoms with Gasteiger partial charge in [-0.15, -0.1) is 0 Å². The van der Waals surface area contributed by atoms with Crippen molar-refractivity contribution in [3.8, 4) is 5.75 Å². The summed E-state index contributed by atoms with van der Waals surface area (Å²) in [6.07, 6.45) is 3.59. The van der Waals surface area contributed by atoms with Crippen molar-refractivity contribution in [3.63, 3.8) is 0 Å². The number of ether oxygens (including phenoxy) is 1. The van der Waals surface area contributed by atoms with Crippen molar-refractivity contribution >= 4 is 11.3 Å². The zero-order chi connectivity index (χ0) is 16.5. The highest BCUT2D eigenvalue weighted by atomic mass is 16.6. The van der Waals surface area contributed by atoms with Gasteiger partial charge in [0.1, 0.15) is 6.61 Å². The quantitative estimate of drug-likeness (QED) is 0.644. The number of aromatic nitrogens is 1. The average Bonchev–Trinajstić information content (AvgIpc) is 2.79. The Kier molecular flexibility index (Phi) is 3.74. The summed E-state index contributed by atoms with van der Waals surface area (Å²) in [5, 5.41) is 14.8. The molecule has 6 heteroatoms. The zero-order valence-electron chi connectivity index (χ0n) is 13.1. The highest BCUT2D eigenvalue weighted by Gasteiger charge is 2.29. The first-order valence-electron chi connectivity index (χ1n) is 8.03. The van der Waals surface area contributed by atoms with Crippen LogP contribution in [0, 0.1) is 10.1 Å². The standard InChI is InChI=1S/C18H17N3O3/c22-21(23)15-5-1-4-14-16(12-6-9-19-10-7-12)17-13(3-2-8-20-17)11-24-18(14)15/h1-5,8,19H,6-7,9-11H2. The maximum Gasteiger partial charge on any atom is 0.311 e. The lowest BCUT2D eigenvalue weighted by atomic mass is 9.89. The number of para-hydroxylation sites is 1. The number of nitrogens with one attached hydrogen (secondary N) is 1. The molecule has 1 saturated heterocycles. The largest absolute Gasteiger partial charge is 0.481 e. The van der Waals surface area contributed by atoms with E-state index < -0.39 is 0 Å². The van der Waals surface area contributed by atoms with E-state index in [4.69, 9.17) is 4.74 Å². The predicted octanol–water partition coefficient (Wildman–Crippen LogP) is 3.07. The Morgan fingerprint density at radius 3 is 2.79 bits per heavy atom. The van der Waals surface area contributed by atoms with Gasteiger partial charge in [-0.2, -0.15) is 0 Å². The molecule has 1 fully saturated rings. The van der Waals surface area contributed by atoms with E-state index in [2.05, 4.69) is 10.3 Å². The van der Waals surface area contributed by atoms with E-state index in [1.165, 1.54) is 11.6 Å². The molecule has 0 unspecified atom stereocenters. The lowest BCUT2D eigenvalue weighted by Gasteiger charge is -2.20. The molecule has 4 rings (SSSR count). The van der Waals surface area contributed by atoms with Gasteiger partial charge in [0.05, 0.1) is 10.6 Å². The number of fused-ring (bicyclic) bond motifs is 2. The lowest BCUT2D eigenvalue weighted by Crippen LogP contribution is -2.24. The molecule has 0 atom stereocenters. The van der Waals surface area contributed by atoms with Crippen LogP contribution in [0.15, 0.2) is 42.1 Å². The average molecular weight is 323 g/mol. The second-order valence-electron chi connectivity index (χ2n) is 5.94. The van der Waals surface area contributed by atoms with Gasteiger partial charge >= 0.3 is 5.69 Å². The molecule has 1 N–H and O–H groups in total. The van der Waals surface area contributed by atoms with Crippen molar-refractivity contribution in [1.29, 1.82) is 0 Å². The van der Waals surface area contributed by atoms with Crippen molar-refractivity contribution in [2.24, 2.45) is 0 Å². The number of nitro groups is 1. The summed E-state index contributed by atoms with van der Waals surface area (Å²) in [5.74, 6) is 0.349. The van der Waals surface area contributed by atoms with Gasteiger partial charge in [0.2, 0.25) is 5.75 Å². The van der Waals surface area contributed by atoms with Crippen molar-refractivity contribution in [2.45, 2.75) is 19.4 Å². The van der Waals surface area contributed by atoms with Crippen LogP contribution in [0.3, 0.4) is 0 Å². The highest BCUT2D eigenvalue weighted by molar-refractivity contribution is 5.87. The monoisotopic (exact) mass is 323 g/mol. The Morgan fingerprint density at radius 1 is 1.17 bits per heavy atom. The van der Waals surface area contributed by atoms with Gasteiger partial charge < -0.3 is 10.1 Å². The lowest BCUT2D eigenvalue weighted by molar-refractivity contribution is -0.386. The summed E-state index contributed by atoms with van der Waals surface area (Å²) in [6, 6.07) is 8.96. The van der Waals surface area contributed by atoms with Crippen LogP contribution in [0.4, 0.5) is 5.69 Å². The molecule has 0 spiro atoms. The van der Waals surface area contributed by atoms with Crippen LogP contribution in [0.5, 0.6) is 5.75 Å². The van der Waals surface area contributed by atoms with Gasteiger partial charge in [0, 0.05) is 29.0 Å². The van der Waals surface area contributed by atoms with Crippen LogP contribution in [0.25, 0.3) is 5.57 Å². The highest BCUT2D eigenvalue weighted by Crippen LogP contribution is 2.43. The van der Waals surface area contributed by atoms with Crippen molar-refractivity contribution in [1.82, 2.24) is 10.3 Å². The molecule has 0 amide bonds. The molecule has 0 radical (unpaired) electrons. The van der Waals surface area contributed by atoms with E-state index in [-0.39, 0.29) is 17.2 Å². The molecule has 122 valence electrons. The van der Waals surface area contributed by atoms with Crippen LogP contribution in [0.2, 0.25) is 0 Å². The summed E-state index contributed by atoms with van der Waals surface area (Å²) in [7, 11) is 0. The third kappa shape index (κ3) is 2.45. The normalized spacial score (nSPS) is 16.7. The van der Waals surface area contributed by atoms with Crippen LogP contribution < -0.4 is 10.1 Å². The van der Waals surface area contributed by atoms with Gasteiger partial charge in [0.25, 0.3) is 0 Å². The molecule has 24 heavy (non-hydrogen) atoms. The first-order valence-corrected chi connectivity index (χ1v) is 8.03. The first-order chi connectivity index (χ1) is 11.8. The van der Waals surface area contributed by atoms with E-state index in [1.54, 1.807) is 12.3 Å². The second kappa shape index (κ2) is 6.05. The first kappa shape index (κ1) is 14.8. The number of nitrogens with zero attached hydrogens (tertiary/aromatic N) is 2. The third-order valence-corrected chi connectivity index (χ3v) is 4.52. The molecular formula is C18H17N3O3. The van der Waals surface area contributed by atoms with Crippen LogP contribution in [-0.2, 0) is 6.61 Å². The molecule has 2 aromatic rings. The Morgan fingerprint density at radius 2 is 2.00 bits per heavy atom. The van der Waals surface area contributed by atoms with Gasteiger partial charge in [-0.1, -0.05) is 23.8 Å². The number of pyridine rings is 1. The predicted molar refractivity (Wildman–Crippen MR) is 89.8 cm³/mol. The molecule has 6 nitrogen and oxygen atoms in total. The van der Waals surface area contributed by atoms with Crippen molar-refractivity contribution < 1.29 is 9.66 Å². The maximum absolute atomic E-state index is 11.4. The summed E-state index contributed by atoms with van der Waals surface area (Å²) < 4.78 is 5.86. The topological polar surface area (TPSA) is 77.3 Å². The Hall–Kier alpha value is -2.73. The van der Waals surface area contributed by atoms with Gasteiger partial charge in [0.15, 0.2) is 0 Å². The molecule has 2 aliphatic rings. The molecule has 3 heterocycles. The Bertz CT molecular complexity index is 837. The SMILES string of the molecule is O=[N+]([O-])c1cccc2c1OCc1cccnc1C2=C1CCNCC1. The van der Waals surface area contributed by atoms with Crippen LogP contribution in [-0.4, -0.2) is 23.0 Å². The number of benzene rings is 1. The summed E-state index contributed by atoms with van der Waals surface area (Å²) in [5.41, 5.74) is 4.91. The number of rotatable bonds is 1. The Balaban J connectivity index is 2.01. The number of nitro benzene ring substituents is 1. The van der Waals surface area contributed by atoms with Crippen molar-refractivity contribution in [3.05, 3.63) is 69.0 Å². The van der Waals surface area contributed by atoms with Gasteiger partial charge in [-0.05, 0) is 32.0 Å². The molecule has 0 aliphatic carbocycles. The van der Waals surface area contributed by atoms with Gasteiger partial charge in [-0.25, -0.2) is 0 Å². The maximum atomic E-state index is 11.4. The van der Waals surface area contributed by atoms with E-state index >= 15 is 0 Å². The van der Waals surface area contributed by atoms with E-state index in [0.717, 1.165) is 48.3 Å². The number of hydrogen-bond acceptors (Lipinski definition) is 5. The van der Waals surface area contributed by atoms with Crippen LogP contribution in [0.1, 0.15) is 29.7 Å². The molecule has 1 aromatic carbocycles. The summed E-state index contributed by atoms with van der Waals surface area (Å²) in [6.45, 7) is 2.11. The van der Waals surface area contributed by atoms with E-state index in [0.29, 0.717) is 5.75 Å². The van der Waals surface area contributed by atoms with E-state index in [1.807, 2.05) is 18.2 Å². The molecular weight excluding hydrogens is 306 g/mol. The summed E-state index contributed by atoms with van der Waals surface area (Å²) >= 11 is 0. The minimum atomic E-state index is -0.382. The smallest absolute Gasteiger partial charge is 0.311 e. The minimum absolute atomic E-state index is 0.00680. The zero-order valence-corrected chi connectivity index (χ0v) is 13.1. The minimum Gasteiger partial charge on any atom is -0.481 e. The number of hydrogen-bond donors (Lipinski definition) is 1. The van der Waals surface area contributed by atoms with Gasteiger partial charge in [-0.3, -0.25) is 15.1 Å². The molecule has 0 saturated carbocycles. The fourth-order valence-electron chi connectivity index (χ4n) is 3.41. The fraction of sp³-hybridized carbons (Fsp3) is 0.278. The molecule has 2 aliphatic heterocycles. The Labute approximate surface area is 139 Å². The molecule has 0 bridgehead atoms. The number of piperidine rings is 1. The summed E-state index contributed by atoms with van der Waals surface area (Å²) in [4.78, 5) is 15.6. The van der Waals surface area contributed by atoms with Crippen LogP contribution >= 0.6 is 0 Å².